The molecule has 1 aromatic heterocycles. The van der Waals surface area contributed by atoms with Crippen molar-refractivity contribution in [2.75, 3.05) is 11.9 Å². The molecule has 0 aliphatic carbocycles. The van der Waals surface area contributed by atoms with Crippen LogP contribution in [0.25, 0.3) is 0 Å². The number of urea groups is 1. The Labute approximate surface area is 163 Å². The van der Waals surface area contributed by atoms with Crippen LogP contribution in [0.5, 0.6) is 0 Å². The first kappa shape index (κ1) is 19.6. The van der Waals surface area contributed by atoms with Crippen LogP contribution in [0.3, 0.4) is 0 Å². The fraction of sp³-hybridized carbons (Fsp3) is 0.400. The van der Waals surface area contributed by atoms with Crippen LogP contribution in [-0.2, 0) is 22.2 Å². The van der Waals surface area contributed by atoms with Crippen molar-refractivity contribution in [3.63, 3.8) is 0 Å². The Morgan fingerprint density at radius 3 is 2.46 bits per heavy atom. The summed E-state index contributed by atoms with van der Waals surface area (Å²) in [4.78, 5) is 39.3. The van der Waals surface area contributed by atoms with E-state index in [1.807, 2.05) is 44.2 Å². The third-order valence-corrected chi connectivity index (χ3v) is 5.14. The predicted molar refractivity (Wildman–Crippen MR) is 105 cm³/mol. The molecule has 2 N–H and O–H groups in total. The Balaban J connectivity index is 1.82. The van der Waals surface area contributed by atoms with Gasteiger partial charge in [-0.25, -0.2) is 4.79 Å². The topological polar surface area (TPSA) is 96.3 Å². The standard InChI is InChI=1S/C20H25N5O3/c1-5-11-20(15-9-7-6-8-10-15)18(27)25(19(28)22-20)12-16(26)21-17-13(2)23-24(4)14(17)3/h6-10H,5,11-12H2,1-4H3,(H,21,26)(H,22,28)/t20-/m1/s1. The molecule has 1 aliphatic rings. The summed E-state index contributed by atoms with van der Waals surface area (Å²) >= 11 is 0. The van der Waals surface area contributed by atoms with Crippen LogP contribution in [0.15, 0.2) is 30.3 Å². The zero-order chi connectivity index (χ0) is 20.5. The van der Waals surface area contributed by atoms with E-state index in [1.54, 1.807) is 18.7 Å². The lowest BCUT2D eigenvalue weighted by atomic mass is 9.85. The molecule has 148 valence electrons. The van der Waals surface area contributed by atoms with Gasteiger partial charge in [-0.2, -0.15) is 5.10 Å². The molecule has 3 rings (SSSR count). The second kappa shape index (κ2) is 7.46. The van der Waals surface area contributed by atoms with Gasteiger partial charge in [-0.3, -0.25) is 19.2 Å². The molecule has 0 radical (unpaired) electrons. The number of benzene rings is 1. The highest BCUT2D eigenvalue weighted by Gasteiger charge is 2.52. The zero-order valence-corrected chi connectivity index (χ0v) is 16.6. The fourth-order valence-corrected chi connectivity index (χ4v) is 3.65. The molecule has 0 saturated carbocycles. The normalized spacial score (nSPS) is 19.1. The second-order valence-electron chi connectivity index (χ2n) is 7.06. The first-order valence-corrected chi connectivity index (χ1v) is 9.30. The monoisotopic (exact) mass is 383 g/mol. The maximum Gasteiger partial charge on any atom is 0.325 e. The Hall–Kier alpha value is -3.16. The first-order chi connectivity index (χ1) is 13.3. The number of hydrogen-bond donors (Lipinski definition) is 2. The minimum Gasteiger partial charge on any atom is -0.321 e. The van der Waals surface area contributed by atoms with Crippen molar-refractivity contribution in [3.05, 3.63) is 47.3 Å². The van der Waals surface area contributed by atoms with Crippen molar-refractivity contribution in [2.45, 2.75) is 39.2 Å². The van der Waals surface area contributed by atoms with Gasteiger partial charge >= 0.3 is 6.03 Å². The summed E-state index contributed by atoms with van der Waals surface area (Å²) < 4.78 is 1.67. The minimum absolute atomic E-state index is 0.350. The van der Waals surface area contributed by atoms with Gasteiger partial charge in [0.15, 0.2) is 0 Å². The summed E-state index contributed by atoms with van der Waals surface area (Å²) in [5.41, 5.74) is 1.66. The molecule has 2 heterocycles. The van der Waals surface area contributed by atoms with Gasteiger partial charge in [0.1, 0.15) is 12.1 Å². The van der Waals surface area contributed by atoms with E-state index in [1.165, 1.54) is 0 Å². The minimum atomic E-state index is -1.13. The van der Waals surface area contributed by atoms with Gasteiger partial charge in [0.05, 0.1) is 17.1 Å². The van der Waals surface area contributed by atoms with Crippen molar-refractivity contribution < 1.29 is 14.4 Å². The molecule has 2 aromatic rings. The molecule has 0 unspecified atom stereocenters. The Morgan fingerprint density at radius 2 is 1.89 bits per heavy atom. The van der Waals surface area contributed by atoms with Gasteiger partial charge in [-0.05, 0) is 25.8 Å². The highest BCUT2D eigenvalue weighted by atomic mass is 16.2. The van der Waals surface area contributed by atoms with Crippen LogP contribution in [0.4, 0.5) is 10.5 Å². The average Bonchev–Trinajstić information content (AvgIpc) is 3.05. The van der Waals surface area contributed by atoms with E-state index in [0.29, 0.717) is 24.2 Å². The van der Waals surface area contributed by atoms with Crippen LogP contribution >= 0.6 is 0 Å². The lowest BCUT2D eigenvalue weighted by molar-refractivity contribution is -0.134. The number of rotatable bonds is 6. The lowest BCUT2D eigenvalue weighted by Gasteiger charge is -2.26. The highest BCUT2D eigenvalue weighted by molar-refractivity contribution is 6.10. The maximum absolute atomic E-state index is 13.2. The molecule has 1 fully saturated rings. The number of hydrogen-bond acceptors (Lipinski definition) is 4. The molecule has 1 aromatic carbocycles. The maximum atomic E-state index is 13.2. The molecule has 0 bridgehead atoms. The Morgan fingerprint density at radius 1 is 1.21 bits per heavy atom. The summed E-state index contributed by atoms with van der Waals surface area (Å²) in [5.74, 6) is -0.844. The summed E-state index contributed by atoms with van der Waals surface area (Å²) in [7, 11) is 1.79. The quantitative estimate of drug-likeness (QED) is 0.748. The van der Waals surface area contributed by atoms with E-state index in [2.05, 4.69) is 15.7 Å². The van der Waals surface area contributed by atoms with Crippen molar-refractivity contribution >= 4 is 23.5 Å². The predicted octanol–water partition coefficient (Wildman–Crippen LogP) is 2.22. The van der Waals surface area contributed by atoms with E-state index in [4.69, 9.17) is 0 Å². The largest absolute Gasteiger partial charge is 0.325 e. The molecule has 4 amide bonds. The number of imide groups is 1. The van der Waals surface area contributed by atoms with Gasteiger partial charge < -0.3 is 10.6 Å². The van der Waals surface area contributed by atoms with Crippen LogP contribution in [0.2, 0.25) is 0 Å². The van der Waals surface area contributed by atoms with E-state index < -0.39 is 23.4 Å². The van der Waals surface area contributed by atoms with Crippen LogP contribution < -0.4 is 10.6 Å². The van der Waals surface area contributed by atoms with Crippen LogP contribution in [0, 0.1) is 13.8 Å². The molecule has 8 nitrogen and oxygen atoms in total. The molecular weight excluding hydrogens is 358 g/mol. The average molecular weight is 383 g/mol. The van der Waals surface area contributed by atoms with Crippen molar-refractivity contribution in [2.24, 2.45) is 7.05 Å². The van der Waals surface area contributed by atoms with Gasteiger partial charge in [0, 0.05) is 7.05 Å². The molecule has 1 atom stereocenters. The number of nitrogens with one attached hydrogen (secondary N) is 2. The fourth-order valence-electron chi connectivity index (χ4n) is 3.65. The Bertz CT molecular complexity index is 921. The number of amides is 4. The first-order valence-electron chi connectivity index (χ1n) is 9.30. The van der Waals surface area contributed by atoms with Crippen molar-refractivity contribution in [1.82, 2.24) is 20.0 Å². The van der Waals surface area contributed by atoms with Crippen molar-refractivity contribution in [3.8, 4) is 0 Å². The van der Waals surface area contributed by atoms with Gasteiger partial charge in [-0.15, -0.1) is 0 Å². The smallest absolute Gasteiger partial charge is 0.321 e. The van der Waals surface area contributed by atoms with Crippen LogP contribution in [-0.4, -0.2) is 39.1 Å². The van der Waals surface area contributed by atoms with Gasteiger partial charge in [-0.1, -0.05) is 43.7 Å². The number of nitrogens with zero attached hydrogens (tertiary/aromatic N) is 3. The van der Waals surface area contributed by atoms with E-state index in [9.17, 15) is 14.4 Å². The number of aromatic nitrogens is 2. The van der Waals surface area contributed by atoms with E-state index in [-0.39, 0.29) is 6.54 Å². The molecule has 1 saturated heterocycles. The molecule has 1 aliphatic heterocycles. The molecule has 0 spiro atoms. The summed E-state index contributed by atoms with van der Waals surface area (Å²) in [6.07, 6.45) is 1.16. The highest BCUT2D eigenvalue weighted by Crippen LogP contribution is 2.33. The number of carbonyl (C=O) groups excluding carboxylic acids is 3. The molecular formula is C20H25N5O3. The summed E-state index contributed by atoms with van der Waals surface area (Å²) in [6.45, 7) is 5.23. The van der Waals surface area contributed by atoms with Gasteiger partial charge in [0.25, 0.3) is 5.91 Å². The zero-order valence-electron chi connectivity index (χ0n) is 16.6. The number of anilines is 1. The Kier molecular flexibility index (Phi) is 5.22. The molecule has 28 heavy (non-hydrogen) atoms. The third-order valence-electron chi connectivity index (χ3n) is 5.14. The van der Waals surface area contributed by atoms with Crippen LogP contribution in [0.1, 0.15) is 36.7 Å². The third kappa shape index (κ3) is 3.26. The SMILES string of the molecule is CCC[C@]1(c2ccccc2)NC(=O)N(CC(=O)Nc2c(C)nn(C)c2C)C1=O. The number of aryl methyl sites for hydroxylation is 2. The van der Waals surface area contributed by atoms with E-state index in [0.717, 1.165) is 16.2 Å². The van der Waals surface area contributed by atoms with Crippen molar-refractivity contribution in [1.29, 1.82) is 0 Å². The molecule has 8 heteroatoms. The second-order valence-corrected chi connectivity index (χ2v) is 7.06. The van der Waals surface area contributed by atoms with Gasteiger partial charge in [0.2, 0.25) is 5.91 Å². The number of carbonyl (C=O) groups is 3. The summed E-state index contributed by atoms with van der Waals surface area (Å²) in [6, 6.07) is 8.59. The van der Waals surface area contributed by atoms with E-state index >= 15 is 0 Å². The summed E-state index contributed by atoms with van der Waals surface area (Å²) in [5, 5.41) is 9.85. The lowest BCUT2D eigenvalue weighted by Crippen LogP contribution is -2.44.